The van der Waals surface area contributed by atoms with E-state index < -0.39 is 0 Å². The van der Waals surface area contributed by atoms with Crippen molar-refractivity contribution < 1.29 is 4.79 Å². The van der Waals surface area contributed by atoms with Crippen LogP contribution in [0.4, 0.5) is 0 Å². The van der Waals surface area contributed by atoms with Crippen molar-refractivity contribution in [3.8, 4) is 0 Å². The number of carbonyl (C=O) groups is 1. The number of rotatable bonds is 3. The summed E-state index contributed by atoms with van der Waals surface area (Å²) in [4.78, 5) is 14.1. The first-order chi connectivity index (χ1) is 7.75. The molecule has 2 rings (SSSR count). The van der Waals surface area contributed by atoms with Crippen LogP contribution in [0.1, 0.15) is 10.4 Å². The van der Waals surface area contributed by atoms with E-state index >= 15 is 0 Å². The molecule has 0 N–H and O–H groups in total. The van der Waals surface area contributed by atoms with Crippen LogP contribution >= 0.6 is 23.4 Å². The van der Waals surface area contributed by atoms with Crippen molar-refractivity contribution in [3.05, 3.63) is 34.9 Å². The second kappa shape index (κ2) is 5.71. The SMILES string of the molecule is O=C(CN1CCSCC1)c1ccc(Cl)cc1. The van der Waals surface area contributed by atoms with E-state index in [1.54, 1.807) is 24.3 Å². The van der Waals surface area contributed by atoms with Crippen molar-refractivity contribution in [1.82, 2.24) is 4.90 Å². The van der Waals surface area contributed by atoms with E-state index in [4.69, 9.17) is 11.6 Å². The van der Waals surface area contributed by atoms with Crippen LogP contribution in [0.3, 0.4) is 0 Å². The molecule has 1 aromatic carbocycles. The molecule has 1 saturated heterocycles. The van der Waals surface area contributed by atoms with Crippen LogP contribution in [0, 0.1) is 0 Å². The fraction of sp³-hybridized carbons (Fsp3) is 0.417. The van der Waals surface area contributed by atoms with Gasteiger partial charge in [-0.3, -0.25) is 9.69 Å². The fourth-order valence-corrected chi connectivity index (χ4v) is 2.79. The van der Waals surface area contributed by atoms with Crippen LogP contribution in [-0.2, 0) is 0 Å². The minimum atomic E-state index is 0.184. The predicted octanol–water partition coefficient (Wildman–Crippen LogP) is 2.57. The first kappa shape index (κ1) is 12.0. The lowest BCUT2D eigenvalue weighted by molar-refractivity contribution is 0.0937. The van der Waals surface area contributed by atoms with Gasteiger partial charge in [0.1, 0.15) is 0 Å². The van der Waals surface area contributed by atoms with Crippen molar-refractivity contribution in [3.63, 3.8) is 0 Å². The average molecular weight is 256 g/mol. The fourth-order valence-electron chi connectivity index (χ4n) is 1.69. The number of nitrogens with zero attached hydrogens (tertiary/aromatic N) is 1. The van der Waals surface area contributed by atoms with Gasteiger partial charge >= 0.3 is 0 Å². The number of Topliss-reactive ketones (excluding diaryl/α,β-unsaturated/α-hetero) is 1. The number of hydrogen-bond donors (Lipinski definition) is 0. The number of halogens is 1. The van der Waals surface area contributed by atoms with Gasteiger partial charge in [-0.05, 0) is 24.3 Å². The Labute approximate surface area is 105 Å². The Bertz CT molecular complexity index is 360. The van der Waals surface area contributed by atoms with Gasteiger partial charge in [0.25, 0.3) is 0 Å². The van der Waals surface area contributed by atoms with Crippen molar-refractivity contribution >= 4 is 29.1 Å². The van der Waals surface area contributed by atoms with E-state index in [0.717, 1.165) is 30.2 Å². The Morgan fingerprint density at radius 3 is 2.50 bits per heavy atom. The molecule has 1 aliphatic heterocycles. The minimum absolute atomic E-state index is 0.184. The third-order valence-corrected chi connectivity index (χ3v) is 3.83. The molecule has 0 radical (unpaired) electrons. The van der Waals surface area contributed by atoms with Crippen LogP contribution in [-0.4, -0.2) is 41.8 Å². The lowest BCUT2D eigenvalue weighted by atomic mass is 10.1. The van der Waals surface area contributed by atoms with E-state index in [1.165, 1.54) is 0 Å². The molecular formula is C12H14ClNOS. The van der Waals surface area contributed by atoms with Gasteiger partial charge in [0, 0.05) is 35.2 Å². The number of carbonyl (C=O) groups excluding carboxylic acids is 1. The topological polar surface area (TPSA) is 20.3 Å². The maximum atomic E-state index is 11.9. The van der Waals surface area contributed by atoms with Gasteiger partial charge in [0.2, 0.25) is 0 Å². The highest BCUT2D eigenvalue weighted by molar-refractivity contribution is 7.99. The zero-order valence-electron chi connectivity index (χ0n) is 8.99. The van der Waals surface area contributed by atoms with Crippen LogP contribution in [0.15, 0.2) is 24.3 Å². The molecule has 1 aliphatic rings. The molecule has 0 aromatic heterocycles. The molecule has 1 heterocycles. The molecule has 16 heavy (non-hydrogen) atoms. The molecule has 0 saturated carbocycles. The molecule has 1 fully saturated rings. The Morgan fingerprint density at radius 1 is 1.25 bits per heavy atom. The van der Waals surface area contributed by atoms with Gasteiger partial charge in [-0.25, -0.2) is 0 Å². The lowest BCUT2D eigenvalue weighted by Gasteiger charge is -2.25. The summed E-state index contributed by atoms with van der Waals surface area (Å²) in [6.45, 7) is 2.57. The van der Waals surface area contributed by atoms with Crippen LogP contribution in [0.5, 0.6) is 0 Å². The van der Waals surface area contributed by atoms with E-state index in [-0.39, 0.29) is 5.78 Å². The third-order valence-electron chi connectivity index (χ3n) is 2.64. The predicted molar refractivity (Wildman–Crippen MR) is 69.5 cm³/mol. The monoisotopic (exact) mass is 255 g/mol. The summed E-state index contributed by atoms with van der Waals surface area (Å²) >= 11 is 7.74. The van der Waals surface area contributed by atoms with Gasteiger partial charge < -0.3 is 0 Å². The number of benzene rings is 1. The summed E-state index contributed by atoms with van der Waals surface area (Å²) < 4.78 is 0. The van der Waals surface area contributed by atoms with Crippen molar-refractivity contribution in [2.45, 2.75) is 0 Å². The van der Waals surface area contributed by atoms with E-state index in [1.807, 2.05) is 11.8 Å². The Hall–Kier alpha value is -0.510. The lowest BCUT2D eigenvalue weighted by Crippen LogP contribution is -2.36. The van der Waals surface area contributed by atoms with Crippen LogP contribution in [0.25, 0.3) is 0 Å². The van der Waals surface area contributed by atoms with E-state index in [9.17, 15) is 4.79 Å². The van der Waals surface area contributed by atoms with Gasteiger partial charge in [-0.1, -0.05) is 11.6 Å². The van der Waals surface area contributed by atoms with Gasteiger partial charge in [-0.15, -0.1) is 0 Å². The first-order valence-corrected chi connectivity index (χ1v) is 6.88. The average Bonchev–Trinajstić information content (AvgIpc) is 2.31. The molecule has 0 unspecified atom stereocenters. The molecule has 2 nitrogen and oxygen atoms in total. The summed E-state index contributed by atoms with van der Waals surface area (Å²) in [6, 6.07) is 7.12. The molecule has 86 valence electrons. The number of thioether (sulfide) groups is 1. The van der Waals surface area contributed by atoms with E-state index in [0.29, 0.717) is 11.6 Å². The molecule has 0 aliphatic carbocycles. The maximum Gasteiger partial charge on any atom is 0.176 e. The van der Waals surface area contributed by atoms with Crippen LogP contribution in [0.2, 0.25) is 5.02 Å². The minimum Gasteiger partial charge on any atom is -0.294 e. The van der Waals surface area contributed by atoms with Crippen molar-refractivity contribution in [1.29, 1.82) is 0 Å². The molecule has 4 heteroatoms. The Balaban J connectivity index is 1.94. The molecular weight excluding hydrogens is 242 g/mol. The number of ketones is 1. The molecule has 0 amide bonds. The van der Waals surface area contributed by atoms with Gasteiger partial charge in [-0.2, -0.15) is 11.8 Å². The highest BCUT2D eigenvalue weighted by Gasteiger charge is 2.14. The number of hydrogen-bond acceptors (Lipinski definition) is 3. The van der Waals surface area contributed by atoms with E-state index in [2.05, 4.69) is 4.90 Å². The summed E-state index contributed by atoms with van der Waals surface area (Å²) in [7, 11) is 0. The second-order valence-electron chi connectivity index (χ2n) is 3.82. The summed E-state index contributed by atoms with van der Waals surface area (Å²) in [5.41, 5.74) is 0.752. The summed E-state index contributed by atoms with van der Waals surface area (Å²) in [5.74, 6) is 2.45. The van der Waals surface area contributed by atoms with Crippen molar-refractivity contribution in [2.75, 3.05) is 31.1 Å². The summed E-state index contributed by atoms with van der Waals surface area (Å²) in [6.07, 6.45) is 0. The smallest absolute Gasteiger partial charge is 0.176 e. The van der Waals surface area contributed by atoms with Crippen LogP contribution < -0.4 is 0 Å². The maximum absolute atomic E-state index is 11.9. The second-order valence-corrected chi connectivity index (χ2v) is 5.48. The molecule has 0 atom stereocenters. The molecule has 0 spiro atoms. The largest absolute Gasteiger partial charge is 0.294 e. The molecule has 0 bridgehead atoms. The highest BCUT2D eigenvalue weighted by Crippen LogP contribution is 2.12. The normalized spacial score (nSPS) is 17.3. The zero-order valence-corrected chi connectivity index (χ0v) is 10.6. The third kappa shape index (κ3) is 3.24. The van der Waals surface area contributed by atoms with Gasteiger partial charge in [0.15, 0.2) is 5.78 Å². The Kier molecular flexibility index (Phi) is 4.27. The zero-order chi connectivity index (χ0) is 11.4. The van der Waals surface area contributed by atoms with Crippen molar-refractivity contribution in [2.24, 2.45) is 0 Å². The first-order valence-electron chi connectivity index (χ1n) is 5.34. The summed E-state index contributed by atoms with van der Waals surface area (Å²) in [5, 5.41) is 0.672. The van der Waals surface area contributed by atoms with Gasteiger partial charge in [0.05, 0.1) is 6.54 Å². The standard InChI is InChI=1S/C12H14ClNOS/c13-11-3-1-10(2-4-11)12(15)9-14-5-7-16-8-6-14/h1-4H,5-9H2. The molecule has 1 aromatic rings. The Morgan fingerprint density at radius 2 is 1.88 bits per heavy atom. The highest BCUT2D eigenvalue weighted by atomic mass is 35.5. The quantitative estimate of drug-likeness (QED) is 0.775.